The van der Waals surface area contributed by atoms with Gasteiger partial charge in [0.05, 0.1) is 13.1 Å². The summed E-state index contributed by atoms with van der Waals surface area (Å²) in [5.41, 5.74) is 5.14. The first kappa shape index (κ1) is 17.2. The molecule has 0 spiro atoms. The van der Waals surface area contributed by atoms with Crippen molar-refractivity contribution in [3.8, 4) is 0 Å². The Balaban J connectivity index is 0.00000289. The van der Waals surface area contributed by atoms with E-state index in [0.29, 0.717) is 13.1 Å². The highest BCUT2D eigenvalue weighted by molar-refractivity contribution is 5.85. The molecule has 1 aliphatic rings. The molecule has 0 atom stereocenters. The zero-order chi connectivity index (χ0) is 12.7. The second kappa shape index (κ2) is 9.16. The Morgan fingerprint density at radius 2 is 2.06 bits per heavy atom. The molecule has 1 saturated carbocycles. The van der Waals surface area contributed by atoms with Crippen molar-refractivity contribution in [2.45, 2.75) is 32.6 Å². The van der Waals surface area contributed by atoms with E-state index in [-0.39, 0.29) is 24.9 Å². The summed E-state index contributed by atoms with van der Waals surface area (Å²) < 4.78 is 0. The summed E-state index contributed by atoms with van der Waals surface area (Å²) in [5, 5.41) is 3.13. The molecule has 1 aliphatic carbocycles. The normalized spacial score (nSPS) is 13.8. The Morgan fingerprint density at radius 1 is 1.39 bits per heavy atom. The van der Waals surface area contributed by atoms with Crippen LogP contribution >= 0.6 is 12.4 Å². The number of halogens is 1. The highest BCUT2D eigenvalue weighted by Gasteiger charge is 2.21. The highest BCUT2D eigenvalue weighted by atomic mass is 35.5. The van der Waals surface area contributed by atoms with Crippen molar-refractivity contribution in [3.63, 3.8) is 0 Å². The molecule has 1 rings (SSSR count). The van der Waals surface area contributed by atoms with Gasteiger partial charge >= 0.3 is 0 Å². The van der Waals surface area contributed by atoms with Crippen molar-refractivity contribution >= 4 is 24.2 Å². The Hall–Kier alpha value is -0.810. The fourth-order valence-corrected chi connectivity index (χ4v) is 1.65. The second-order valence-corrected chi connectivity index (χ2v) is 4.71. The van der Waals surface area contributed by atoms with E-state index in [2.05, 4.69) is 12.2 Å². The van der Waals surface area contributed by atoms with E-state index in [0.717, 1.165) is 25.3 Å². The fourth-order valence-electron chi connectivity index (χ4n) is 1.65. The number of carbonyl (C=O) groups excluding carboxylic acids is 2. The average Bonchev–Trinajstić information content (AvgIpc) is 3.07. The highest BCUT2D eigenvalue weighted by Crippen LogP contribution is 2.27. The summed E-state index contributed by atoms with van der Waals surface area (Å²) in [5.74, 6) is 0.276. The third-order valence-electron chi connectivity index (χ3n) is 2.89. The standard InChI is InChI=1S/C12H23N3O2.ClH/c1-2-3-6-15(9-11(13)16)12(17)8-14-7-10-4-5-10;/h10,14H,2-9H2,1H3,(H2,13,16);1H. The quantitative estimate of drug-likeness (QED) is 0.645. The van der Waals surface area contributed by atoms with Crippen LogP contribution in [-0.4, -0.2) is 42.9 Å². The van der Waals surface area contributed by atoms with E-state index in [1.807, 2.05) is 0 Å². The molecule has 1 fully saturated rings. The van der Waals surface area contributed by atoms with E-state index in [1.165, 1.54) is 12.8 Å². The number of unbranched alkanes of at least 4 members (excludes halogenated alkanes) is 1. The SMILES string of the molecule is CCCCN(CC(N)=O)C(=O)CNCC1CC1.Cl. The van der Waals surface area contributed by atoms with E-state index in [4.69, 9.17) is 5.73 Å². The molecule has 5 nitrogen and oxygen atoms in total. The predicted octanol–water partition coefficient (Wildman–Crippen LogP) is 0.522. The predicted molar refractivity (Wildman–Crippen MR) is 73.5 cm³/mol. The van der Waals surface area contributed by atoms with Gasteiger partial charge in [-0.15, -0.1) is 12.4 Å². The maximum Gasteiger partial charge on any atom is 0.237 e. The third kappa shape index (κ3) is 7.50. The zero-order valence-electron chi connectivity index (χ0n) is 11.0. The van der Waals surface area contributed by atoms with Gasteiger partial charge in [0.15, 0.2) is 0 Å². The molecule has 0 aliphatic heterocycles. The molecule has 0 bridgehead atoms. The molecule has 0 aromatic rings. The van der Waals surface area contributed by atoms with E-state index >= 15 is 0 Å². The summed E-state index contributed by atoms with van der Waals surface area (Å²) in [6.07, 6.45) is 4.43. The van der Waals surface area contributed by atoms with Crippen LogP contribution in [0.25, 0.3) is 0 Å². The van der Waals surface area contributed by atoms with Gasteiger partial charge in [-0.2, -0.15) is 0 Å². The Kier molecular flexibility index (Phi) is 8.75. The number of rotatable bonds is 9. The van der Waals surface area contributed by atoms with E-state index in [1.54, 1.807) is 4.90 Å². The molecule has 106 valence electrons. The maximum absolute atomic E-state index is 11.8. The van der Waals surface area contributed by atoms with Crippen LogP contribution in [-0.2, 0) is 9.59 Å². The van der Waals surface area contributed by atoms with Gasteiger partial charge in [-0.25, -0.2) is 0 Å². The van der Waals surface area contributed by atoms with Gasteiger partial charge in [-0.05, 0) is 31.7 Å². The first-order valence-corrected chi connectivity index (χ1v) is 6.40. The van der Waals surface area contributed by atoms with Gasteiger partial charge in [0.1, 0.15) is 0 Å². The lowest BCUT2D eigenvalue weighted by atomic mass is 10.3. The molecule has 0 aromatic heterocycles. The van der Waals surface area contributed by atoms with Gasteiger partial charge in [-0.1, -0.05) is 13.3 Å². The zero-order valence-corrected chi connectivity index (χ0v) is 11.8. The Bertz CT molecular complexity index is 270. The van der Waals surface area contributed by atoms with Gasteiger partial charge in [0.25, 0.3) is 0 Å². The smallest absolute Gasteiger partial charge is 0.237 e. The topological polar surface area (TPSA) is 75.4 Å². The molecule has 0 heterocycles. The molecule has 0 radical (unpaired) electrons. The van der Waals surface area contributed by atoms with Crippen LogP contribution in [0, 0.1) is 5.92 Å². The minimum Gasteiger partial charge on any atom is -0.368 e. The largest absolute Gasteiger partial charge is 0.368 e. The van der Waals surface area contributed by atoms with Gasteiger partial charge in [-0.3, -0.25) is 9.59 Å². The Morgan fingerprint density at radius 3 is 2.56 bits per heavy atom. The molecular formula is C12H24ClN3O2. The number of primary amides is 1. The summed E-state index contributed by atoms with van der Waals surface area (Å²) in [7, 11) is 0. The van der Waals surface area contributed by atoms with Crippen molar-refractivity contribution < 1.29 is 9.59 Å². The summed E-state index contributed by atoms with van der Waals surface area (Å²) >= 11 is 0. The van der Waals surface area contributed by atoms with Crippen molar-refractivity contribution in [1.82, 2.24) is 10.2 Å². The minimum atomic E-state index is -0.448. The second-order valence-electron chi connectivity index (χ2n) is 4.71. The summed E-state index contributed by atoms with van der Waals surface area (Å²) in [6, 6.07) is 0. The molecule has 18 heavy (non-hydrogen) atoms. The lowest BCUT2D eigenvalue weighted by Gasteiger charge is -2.21. The van der Waals surface area contributed by atoms with Crippen LogP contribution < -0.4 is 11.1 Å². The van der Waals surface area contributed by atoms with Gasteiger partial charge in [0, 0.05) is 6.54 Å². The molecule has 0 unspecified atom stereocenters. The van der Waals surface area contributed by atoms with Crippen LogP contribution in [0.1, 0.15) is 32.6 Å². The number of amides is 2. The molecule has 0 saturated heterocycles. The third-order valence-corrected chi connectivity index (χ3v) is 2.89. The van der Waals surface area contributed by atoms with Gasteiger partial charge in [0.2, 0.25) is 11.8 Å². The van der Waals surface area contributed by atoms with E-state index in [9.17, 15) is 9.59 Å². The number of nitrogens with one attached hydrogen (secondary N) is 1. The monoisotopic (exact) mass is 277 g/mol. The van der Waals surface area contributed by atoms with E-state index < -0.39 is 5.91 Å². The maximum atomic E-state index is 11.8. The van der Waals surface area contributed by atoms with Crippen LogP contribution in [0.15, 0.2) is 0 Å². The lowest BCUT2D eigenvalue weighted by Crippen LogP contribution is -2.43. The molecular weight excluding hydrogens is 254 g/mol. The van der Waals surface area contributed by atoms with Gasteiger partial charge < -0.3 is 16.0 Å². The van der Waals surface area contributed by atoms with Crippen molar-refractivity contribution in [3.05, 3.63) is 0 Å². The first-order chi connectivity index (χ1) is 8.13. The van der Waals surface area contributed by atoms with Crippen molar-refractivity contribution in [2.24, 2.45) is 11.7 Å². The summed E-state index contributed by atoms with van der Waals surface area (Å²) in [4.78, 5) is 24.3. The number of hydrogen-bond acceptors (Lipinski definition) is 3. The first-order valence-electron chi connectivity index (χ1n) is 6.40. The molecule has 2 amide bonds. The minimum absolute atomic E-state index is 0. The van der Waals surface area contributed by atoms with Crippen LogP contribution in [0.2, 0.25) is 0 Å². The van der Waals surface area contributed by atoms with Crippen LogP contribution in [0.5, 0.6) is 0 Å². The summed E-state index contributed by atoms with van der Waals surface area (Å²) in [6.45, 7) is 3.92. The van der Waals surface area contributed by atoms with Crippen LogP contribution in [0.3, 0.4) is 0 Å². The fraction of sp³-hybridized carbons (Fsp3) is 0.833. The number of hydrogen-bond donors (Lipinski definition) is 2. The molecule has 6 heteroatoms. The van der Waals surface area contributed by atoms with Crippen LogP contribution in [0.4, 0.5) is 0 Å². The van der Waals surface area contributed by atoms with Crippen molar-refractivity contribution in [2.75, 3.05) is 26.2 Å². The number of carbonyl (C=O) groups is 2. The average molecular weight is 278 g/mol. The number of nitrogens with two attached hydrogens (primary N) is 1. The molecule has 3 N–H and O–H groups in total. The lowest BCUT2D eigenvalue weighted by molar-refractivity contribution is -0.134. The Labute approximate surface area is 115 Å². The number of nitrogens with zero attached hydrogens (tertiary/aromatic N) is 1. The van der Waals surface area contributed by atoms with Crippen molar-refractivity contribution in [1.29, 1.82) is 0 Å². The molecule has 0 aromatic carbocycles.